The molecule has 236 valence electrons. The Balaban J connectivity index is 1.89. The predicted octanol–water partition coefficient (Wildman–Crippen LogP) is 6.66. The van der Waals surface area contributed by atoms with Crippen LogP contribution in [0.3, 0.4) is 0 Å². The molecule has 45 heavy (non-hydrogen) atoms. The number of methoxy groups -OCH3 is 2. The number of hydrogen-bond donors (Lipinski definition) is 2. The second-order valence-corrected chi connectivity index (χ2v) is 11.3. The fraction of sp³-hybridized carbons (Fsp3) is 0.276. The van der Waals surface area contributed by atoms with Gasteiger partial charge in [-0.3, -0.25) is 4.90 Å². The normalized spacial score (nSPS) is 11.0. The van der Waals surface area contributed by atoms with E-state index in [1.807, 2.05) is 6.07 Å². The van der Waals surface area contributed by atoms with Crippen LogP contribution in [0.1, 0.15) is 26.3 Å². The van der Waals surface area contributed by atoms with Gasteiger partial charge in [0, 0.05) is 12.1 Å². The number of aromatic amines is 1. The van der Waals surface area contributed by atoms with Crippen molar-refractivity contribution in [3.8, 4) is 11.5 Å². The van der Waals surface area contributed by atoms with Gasteiger partial charge < -0.3 is 19.5 Å². The van der Waals surface area contributed by atoms with E-state index in [9.17, 15) is 14.5 Å². The molecule has 2 heterocycles. The molecule has 16 heteroatoms. The second-order valence-electron chi connectivity index (χ2n) is 10.5. The number of aryl methyl sites for hydroxylation is 1. The van der Waals surface area contributed by atoms with Gasteiger partial charge in [-0.05, 0) is 31.5 Å². The first kappa shape index (κ1) is 33.0. The van der Waals surface area contributed by atoms with E-state index < -0.39 is 17.7 Å². The molecule has 0 aliphatic rings. The molecule has 2 aromatic carbocycles. The third-order valence-corrected chi connectivity index (χ3v) is 6.83. The summed E-state index contributed by atoms with van der Waals surface area (Å²) in [5.41, 5.74) is -0.431. The number of nitroso groups, excluding NO2 is 1. The highest BCUT2D eigenvalue weighted by Crippen LogP contribution is 2.47. The summed E-state index contributed by atoms with van der Waals surface area (Å²) < 4.78 is 18.0. The molecule has 0 atom stereocenters. The van der Waals surface area contributed by atoms with Crippen LogP contribution in [0.25, 0.3) is 0 Å². The third-order valence-electron chi connectivity index (χ3n) is 6.10. The summed E-state index contributed by atoms with van der Waals surface area (Å²) in [5, 5.41) is 8.61. The summed E-state index contributed by atoms with van der Waals surface area (Å²) in [5.74, 6) is 0.734. The average Bonchev–Trinajstić information content (AvgIpc) is 3.36. The first-order valence-corrected chi connectivity index (χ1v) is 14.1. The van der Waals surface area contributed by atoms with Crippen LogP contribution in [0.15, 0.2) is 60.2 Å². The van der Waals surface area contributed by atoms with Gasteiger partial charge in [-0.1, -0.05) is 53.5 Å². The Bertz CT molecular complexity index is 1680. The minimum atomic E-state index is -1.07. The SMILES string of the molecule is COc1cc(OC)c(Cl)c(N(C(=O)OC(C)(C)C)C(=O)N(Cc2ccccc2)c2cc(Nc3[nH][n+](C)cc3N=O)ncn2)c1Cl. The highest BCUT2D eigenvalue weighted by Gasteiger charge is 2.38. The molecule has 4 rings (SSSR count). The summed E-state index contributed by atoms with van der Waals surface area (Å²) in [6.45, 7) is 4.90. The number of ether oxygens (including phenoxy) is 3. The van der Waals surface area contributed by atoms with Crippen molar-refractivity contribution < 1.29 is 28.5 Å². The van der Waals surface area contributed by atoms with Gasteiger partial charge in [0.1, 0.15) is 50.8 Å². The van der Waals surface area contributed by atoms with Crippen LogP contribution in [0.5, 0.6) is 11.5 Å². The number of amides is 3. The van der Waals surface area contributed by atoms with Gasteiger partial charge in [0.2, 0.25) is 11.9 Å². The molecule has 3 amide bonds. The number of halogens is 2. The zero-order valence-electron chi connectivity index (χ0n) is 25.3. The van der Waals surface area contributed by atoms with E-state index >= 15 is 0 Å². The number of aromatic nitrogens is 4. The quantitative estimate of drug-likeness (QED) is 0.148. The molecule has 2 N–H and O–H groups in total. The lowest BCUT2D eigenvalue weighted by molar-refractivity contribution is -0.725. The standard InChI is InChI=1S/C29H30Cl2N8O6/c1-29(2,3)45-28(41)39(25-23(30)19(43-5)12-20(44-6)24(25)31)27(40)38(14-17-10-8-7-9-11-17)22-13-21(32-16-33-22)34-26-18(36-42)15-37(4)35-26/h7-13,15-16H,14H2,1-6H3,(H,32,33,34,35)/p+1. The van der Waals surface area contributed by atoms with E-state index in [0.29, 0.717) is 10.5 Å². The van der Waals surface area contributed by atoms with Crippen LogP contribution < -0.4 is 29.3 Å². The van der Waals surface area contributed by atoms with Crippen LogP contribution in [-0.2, 0) is 18.3 Å². The maximum Gasteiger partial charge on any atom is 0.423 e. The van der Waals surface area contributed by atoms with E-state index in [2.05, 4.69) is 25.6 Å². The Kier molecular flexibility index (Phi) is 10.1. The Hall–Kier alpha value is -4.95. The zero-order valence-corrected chi connectivity index (χ0v) is 26.8. The highest BCUT2D eigenvalue weighted by atomic mass is 35.5. The monoisotopic (exact) mass is 657 g/mol. The molecule has 0 saturated heterocycles. The number of carbonyl (C=O) groups is 2. The number of carbonyl (C=O) groups excluding carboxylic acids is 2. The molecular weight excluding hydrogens is 627 g/mol. The Morgan fingerprint density at radius 1 is 1.04 bits per heavy atom. The van der Waals surface area contributed by atoms with E-state index in [1.54, 1.807) is 52.1 Å². The van der Waals surface area contributed by atoms with Gasteiger partial charge >= 0.3 is 12.1 Å². The zero-order chi connectivity index (χ0) is 32.9. The fourth-order valence-electron chi connectivity index (χ4n) is 4.14. The van der Waals surface area contributed by atoms with Crippen molar-refractivity contribution in [2.24, 2.45) is 12.2 Å². The minimum absolute atomic E-state index is 0.0512. The molecule has 2 aromatic heterocycles. The number of rotatable bonds is 9. The number of imide groups is 1. The third kappa shape index (κ3) is 7.59. The van der Waals surface area contributed by atoms with E-state index in [-0.39, 0.29) is 56.9 Å². The Labute approximate surface area is 268 Å². The molecule has 0 saturated carbocycles. The number of nitrogens with one attached hydrogen (secondary N) is 2. The molecule has 0 unspecified atom stereocenters. The maximum atomic E-state index is 14.7. The van der Waals surface area contributed by atoms with Crippen LogP contribution in [0.2, 0.25) is 10.0 Å². The molecule has 0 bridgehead atoms. The number of H-pyrrole nitrogens is 1. The number of anilines is 4. The average molecular weight is 659 g/mol. The van der Waals surface area contributed by atoms with E-state index in [4.69, 9.17) is 37.4 Å². The van der Waals surface area contributed by atoms with Crippen molar-refractivity contribution in [3.05, 3.63) is 75.5 Å². The van der Waals surface area contributed by atoms with Crippen LogP contribution in [-0.4, -0.2) is 47.0 Å². The van der Waals surface area contributed by atoms with Gasteiger partial charge in [-0.15, -0.1) is 14.7 Å². The molecule has 0 spiro atoms. The molecule has 0 aliphatic heterocycles. The molecule has 14 nitrogen and oxygen atoms in total. The van der Waals surface area contributed by atoms with Gasteiger partial charge in [0.05, 0.1) is 20.8 Å². The van der Waals surface area contributed by atoms with Crippen LogP contribution in [0, 0.1) is 4.91 Å². The smallest absolute Gasteiger partial charge is 0.423 e. The lowest BCUT2D eigenvalue weighted by Gasteiger charge is -2.32. The first-order chi connectivity index (χ1) is 21.4. The Morgan fingerprint density at radius 3 is 2.27 bits per heavy atom. The summed E-state index contributed by atoms with van der Waals surface area (Å²) in [6, 6.07) is 11.0. The summed E-state index contributed by atoms with van der Waals surface area (Å²) in [6.07, 6.45) is 1.63. The number of benzene rings is 2. The molecular formula is C29H31Cl2N8O6+. The Morgan fingerprint density at radius 2 is 1.69 bits per heavy atom. The van der Waals surface area contributed by atoms with Crippen molar-refractivity contribution in [1.82, 2.24) is 15.1 Å². The van der Waals surface area contributed by atoms with E-state index in [0.717, 1.165) is 0 Å². The molecule has 0 aliphatic carbocycles. The minimum Gasteiger partial charge on any atom is -0.495 e. The largest absolute Gasteiger partial charge is 0.495 e. The lowest BCUT2D eigenvalue weighted by Crippen LogP contribution is -2.49. The predicted molar refractivity (Wildman–Crippen MR) is 169 cm³/mol. The van der Waals surface area contributed by atoms with Gasteiger partial charge in [0.25, 0.3) is 0 Å². The molecule has 0 radical (unpaired) electrons. The topological polar surface area (TPSA) is 155 Å². The second kappa shape index (κ2) is 13.8. The van der Waals surface area contributed by atoms with E-state index in [1.165, 1.54) is 48.5 Å². The number of hydrogen-bond acceptors (Lipinski definition) is 10. The van der Waals surface area contributed by atoms with Gasteiger partial charge in [0.15, 0.2) is 12.9 Å². The molecule has 4 aromatic rings. The van der Waals surface area contributed by atoms with Crippen molar-refractivity contribution >= 4 is 64.2 Å². The fourth-order valence-corrected chi connectivity index (χ4v) is 4.81. The maximum absolute atomic E-state index is 14.7. The number of nitrogens with zero attached hydrogens (tertiary/aromatic N) is 6. The van der Waals surface area contributed by atoms with Crippen molar-refractivity contribution in [1.29, 1.82) is 0 Å². The van der Waals surface area contributed by atoms with Crippen molar-refractivity contribution in [3.63, 3.8) is 0 Å². The van der Waals surface area contributed by atoms with Crippen LogP contribution >= 0.6 is 23.2 Å². The summed E-state index contributed by atoms with van der Waals surface area (Å²) in [7, 11) is 4.41. The van der Waals surface area contributed by atoms with Gasteiger partial charge in [-0.25, -0.2) is 19.6 Å². The van der Waals surface area contributed by atoms with Crippen molar-refractivity contribution in [2.75, 3.05) is 29.3 Å². The summed E-state index contributed by atoms with van der Waals surface area (Å²) in [4.78, 5) is 50.3. The molecule has 0 fully saturated rings. The number of urea groups is 1. The van der Waals surface area contributed by atoms with Gasteiger partial charge in [-0.2, -0.15) is 4.90 Å². The highest BCUT2D eigenvalue weighted by molar-refractivity contribution is 6.43. The van der Waals surface area contributed by atoms with Crippen LogP contribution in [0.4, 0.5) is 38.4 Å². The van der Waals surface area contributed by atoms with Crippen molar-refractivity contribution in [2.45, 2.75) is 32.9 Å². The lowest BCUT2D eigenvalue weighted by atomic mass is 10.2. The summed E-state index contributed by atoms with van der Waals surface area (Å²) >= 11 is 13.4. The first-order valence-electron chi connectivity index (χ1n) is 13.4.